The highest BCUT2D eigenvalue weighted by Gasteiger charge is 2.29. The Balaban J connectivity index is 1.87. The summed E-state index contributed by atoms with van der Waals surface area (Å²) in [5.74, 6) is -1.47. The van der Waals surface area contributed by atoms with Crippen molar-refractivity contribution in [3.8, 4) is 5.75 Å². The molecule has 0 bridgehead atoms. The van der Waals surface area contributed by atoms with Gasteiger partial charge < -0.3 is 15.0 Å². The predicted octanol–water partition coefficient (Wildman–Crippen LogP) is 3.22. The quantitative estimate of drug-likeness (QED) is 0.754. The molecule has 0 spiro atoms. The number of hydrogen-bond donors (Lipinski definition) is 2. The lowest BCUT2D eigenvalue weighted by Gasteiger charge is -2.14. The molecule has 126 valence electrons. The summed E-state index contributed by atoms with van der Waals surface area (Å²) in [5, 5.41) is 13.6. The molecule has 1 aliphatic heterocycles. The molecule has 2 aromatic carbocycles. The Kier molecular flexibility index (Phi) is 3.35. The van der Waals surface area contributed by atoms with Gasteiger partial charge in [-0.2, -0.15) is 0 Å². The molecule has 1 unspecified atom stereocenters. The summed E-state index contributed by atoms with van der Waals surface area (Å²) in [6.45, 7) is 1.90. The molecule has 5 nitrogen and oxygen atoms in total. The van der Waals surface area contributed by atoms with Crippen LogP contribution in [-0.4, -0.2) is 15.6 Å². The summed E-state index contributed by atoms with van der Waals surface area (Å²) in [6, 6.07) is 10.5. The number of nitrogens with one attached hydrogen (secondary N) is 1. The Hall–Kier alpha value is -3.15. The average Bonchev–Trinajstić information content (AvgIpc) is 2.92. The van der Waals surface area contributed by atoms with Crippen LogP contribution in [0.15, 0.2) is 47.3 Å². The lowest BCUT2D eigenvalue weighted by molar-refractivity contribution is 0.102. The maximum absolute atomic E-state index is 13.0. The zero-order chi connectivity index (χ0) is 17.7. The minimum atomic E-state index is -0.718. The molecule has 25 heavy (non-hydrogen) atoms. The SMILES string of the molecule is CC1Cc2cccc3c(O)c(C(=O)Nc4ccc(F)cc4)c(=O)n1c23. The van der Waals surface area contributed by atoms with E-state index in [1.54, 1.807) is 16.7 Å². The summed E-state index contributed by atoms with van der Waals surface area (Å²) in [7, 11) is 0. The van der Waals surface area contributed by atoms with Crippen LogP contribution in [0.3, 0.4) is 0 Å². The summed E-state index contributed by atoms with van der Waals surface area (Å²) >= 11 is 0. The van der Waals surface area contributed by atoms with Gasteiger partial charge in [0.15, 0.2) is 0 Å². The van der Waals surface area contributed by atoms with E-state index >= 15 is 0 Å². The molecule has 2 N–H and O–H groups in total. The van der Waals surface area contributed by atoms with Gasteiger partial charge in [0.25, 0.3) is 11.5 Å². The molecule has 0 fully saturated rings. The third-order valence-corrected chi connectivity index (χ3v) is 4.57. The van der Waals surface area contributed by atoms with Crippen LogP contribution in [0.2, 0.25) is 0 Å². The Morgan fingerprint density at radius 1 is 1.24 bits per heavy atom. The fourth-order valence-corrected chi connectivity index (χ4v) is 3.45. The first-order chi connectivity index (χ1) is 12.0. The lowest BCUT2D eigenvalue weighted by atomic mass is 10.1. The van der Waals surface area contributed by atoms with E-state index in [-0.39, 0.29) is 17.4 Å². The van der Waals surface area contributed by atoms with Crippen LogP contribution in [-0.2, 0) is 6.42 Å². The van der Waals surface area contributed by atoms with Crippen molar-refractivity contribution in [3.05, 3.63) is 69.8 Å². The number of hydrogen-bond acceptors (Lipinski definition) is 3. The molecule has 0 saturated carbocycles. The number of benzene rings is 2. The third kappa shape index (κ3) is 2.29. The van der Waals surface area contributed by atoms with Gasteiger partial charge in [0, 0.05) is 17.1 Å². The van der Waals surface area contributed by atoms with E-state index in [0.29, 0.717) is 23.0 Å². The summed E-state index contributed by atoms with van der Waals surface area (Å²) < 4.78 is 14.6. The monoisotopic (exact) mass is 338 g/mol. The summed E-state index contributed by atoms with van der Waals surface area (Å²) in [6.07, 6.45) is 0.676. The van der Waals surface area contributed by atoms with E-state index in [1.165, 1.54) is 24.3 Å². The number of amides is 1. The van der Waals surface area contributed by atoms with Crippen molar-refractivity contribution in [2.24, 2.45) is 0 Å². The predicted molar refractivity (Wildman–Crippen MR) is 92.6 cm³/mol. The van der Waals surface area contributed by atoms with Crippen molar-refractivity contribution >= 4 is 22.5 Å². The number of carbonyl (C=O) groups is 1. The summed E-state index contributed by atoms with van der Waals surface area (Å²) in [5.41, 5.74) is 1.16. The number of rotatable bonds is 2. The highest BCUT2D eigenvalue weighted by molar-refractivity contribution is 6.09. The molecule has 1 amide bonds. The number of aromatic nitrogens is 1. The van der Waals surface area contributed by atoms with Crippen LogP contribution in [0.5, 0.6) is 5.75 Å². The minimum absolute atomic E-state index is 0.0922. The van der Waals surface area contributed by atoms with E-state index in [4.69, 9.17) is 0 Å². The number of nitrogens with zero attached hydrogens (tertiary/aromatic N) is 1. The highest BCUT2D eigenvalue weighted by Crippen LogP contribution is 2.36. The maximum atomic E-state index is 13.0. The van der Waals surface area contributed by atoms with E-state index in [0.717, 1.165) is 5.56 Å². The second-order valence-corrected chi connectivity index (χ2v) is 6.23. The second-order valence-electron chi connectivity index (χ2n) is 6.23. The number of carbonyl (C=O) groups excluding carboxylic acids is 1. The zero-order valence-corrected chi connectivity index (χ0v) is 13.4. The highest BCUT2D eigenvalue weighted by atomic mass is 19.1. The first kappa shape index (κ1) is 15.4. The second kappa shape index (κ2) is 5.44. The van der Waals surface area contributed by atoms with E-state index in [9.17, 15) is 19.1 Å². The van der Waals surface area contributed by atoms with Crippen LogP contribution in [0, 0.1) is 5.82 Å². The van der Waals surface area contributed by atoms with Gasteiger partial charge in [-0.05, 0) is 49.2 Å². The Bertz CT molecular complexity index is 1070. The largest absolute Gasteiger partial charge is 0.506 e. The fourth-order valence-electron chi connectivity index (χ4n) is 3.45. The van der Waals surface area contributed by atoms with Crippen LogP contribution < -0.4 is 10.9 Å². The molecule has 1 aromatic heterocycles. The van der Waals surface area contributed by atoms with Crippen molar-refractivity contribution < 1.29 is 14.3 Å². The summed E-state index contributed by atoms with van der Waals surface area (Å²) in [4.78, 5) is 25.4. The number of halogens is 1. The van der Waals surface area contributed by atoms with Gasteiger partial charge >= 0.3 is 0 Å². The molecule has 3 aromatic rings. The molecule has 0 saturated heterocycles. The van der Waals surface area contributed by atoms with Crippen molar-refractivity contribution in [2.75, 3.05) is 5.32 Å². The van der Waals surface area contributed by atoms with Crippen LogP contribution >= 0.6 is 0 Å². The number of anilines is 1. The van der Waals surface area contributed by atoms with Gasteiger partial charge in [-0.1, -0.05) is 12.1 Å². The van der Waals surface area contributed by atoms with Crippen molar-refractivity contribution in [3.63, 3.8) is 0 Å². The van der Waals surface area contributed by atoms with Crippen molar-refractivity contribution in [2.45, 2.75) is 19.4 Å². The Morgan fingerprint density at radius 2 is 1.96 bits per heavy atom. The normalized spacial score (nSPS) is 15.5. The van der Waals surface area contributed by atoms with Crippen LogP contribution in [0.25, 0.3) is 10.9 Å². The van der Waals surface area contributed by atoms with E-state index < -0.39 is 17.3 Å². The smallest absolute Gasteiger partial charge is 0.268 e. The number of aromatic hydroxyl groups is 1. The maximum Gasteiger partial charge on any atom is 0.268 e. The van der Waals surface area contributed by atoms with Gasteiger partial charge in [-0.3, -0.25) is 9.59 Å². The number of para-hydroxylation sites is 1. The van der Waals surface area contributed by atoms with E-state index in [1.807, 2.05) is 13.0 Å². The third-order valence-electron chi connectivity index (χ3n) is 4.57. The van der Waals surface area contributed by atoms with Gasteiger partial charge in [-0.15, -0.1) is 0 Å². The van der Waals surface area contributed by atoms with Crippen LogP contribution in [0.4, 0.5) is 10.1 Å². The molecule has 6 heteroatoms. The van der Waals surface area contributed by atoms with Crippen molar-refractivity contribution in [1.29, 1.82) is 0 Å². The molecule has 0 radical (unpaired) electrons. The van der Waals surface area contributed by atoms with Gasteiger partial charge in [0.1, 0.15) is 17.1 Å². The Labute approximate surface area is 142 Å². The fraction of sp³-hybridized carbons (Fsp3) is 0.158. The first-order valence-electron chi connectivity index (χ1n) is 7.93. The Morgan fingerprint density at radius 3 is 2.68 bits per heavy atom. The molecule has 1 atom stereocenters. The number of pyridine rings is 1. The van der Waals surface area contributed by atoms with Gasteiger partial charge in [0.2, 0.25) is 0 Å². The molecular weight excluding hydrogens is 323 g/mol. The van der Waals surface area contributed by atoms with Crippen molar-refractivity contribution in [1.82, 2.24) is 4.57 Å². The zero-order valence-electron chi connectivity index (χ0n) is 13.4. The lowest BCUT2D eigenvalue weighted by Crippen LogP contribution is -2.30. The molecular formula is C19H15FN2O3. The minimum Gasteiger partial charge on any atom is -0.506 e. The van der Waals surface area contributed by atoms with Gasteiger partial charge in [0.05, 0.1) is 5.52 Å². The average molecular weight is 338 g/mol. The molecule has 4 rings (SSSR count). The van der Waals surface area contributed by atoms with Crippen LogP contribution in [0.1, 0.15) is 28.9 Å². The molecule has 0 aliphatic carbocycles. The molecule has 2 heterocycles. The first-order valence-corrected chi connectivity index (χ1v) is 7.93. The topological polar surface area (TPSA) is 71.3 Å². The van der Waals surface area contributed by atoms with Gasteiger partial charge in [-0.25, -0.2) is 4.39 Å². The molecule has 1 aliphatic rings. The van der Waals surface area contributed by atoms with E-state index in [2.05, 4.69) is 5.32 Å². The standard InChI is InChI=1S/C19H15FN2O3/c1-10-9-11-3-2-4-14-16(11)22(10)19(25)15(17(14)23)18(24)21-13-7-5-12(20)6-8-13/h2-8,10,23H,9H2,1H3,(H,21,24).